The molecule has 0 aliphatic heterocycles. The Kier molecular flexibility index (Phi) is 2.49. The molecule has 0 saturated carbocycles. The van der Waals surface area contributed by atoms with E-state index in [9.17, 15) is 0 Å². The van der Waals surface area contributed by atoms with Gasteiger partial charge in [-0.1, -0.05) is 13.0 Å². The Bertz CT molecular complexity index is 243. The highest BCUT2D eigenvalue weighted by Gasteiger charge is 1.95. The topological polar surface area (TPSA) is 38.0 Å². The van der Waals surface area contributed by atoms with Crippen molar-refractivity contribution in [1.29, 1.82) is 0 Å². The normalized spacial score (nSPS) is 9.73. The largest absolute Gasteiger partial charge is 0.324 e. The average molecular weight is 150 g/mol. The van der Waals surface area contributed by atoms with Gasteiger partial charge >= 0.3 is 0 Å². The predicted molar refractivity (Wildman–Crippen MR) is 48.4 cm³/mol. The first-order valence-corrected chi connectivity index (χ1v) is 3.84. The zero-order chi connectivity index (χ0) is 8.27. The number of hydrogen-bond donors (Lipinski definition) is 2. The van der Waals surface area contributed by atoms with E-state index in [1.165, 1.54) is 11.1 Å². The van der Waals surface area contributed by atoms with Gasteiger partial charge in [0.05, 0.1) is 0 Å². The third-order valence-corrected chi connectivity index (χ3v) is 1.90. The van der Waals surface area contributed by atoms with Crippen LogP contribution in [0.3, 0.4) is 0 Å². The van der Waals surface area contributed by atoms with Crippen molar-refractivity contribution >= 4 is 5.69 Å². The summed E-state index contributed by atoms with van der Waals surface area (Å²) in [6.45, 7) is 4.25. The van der Waals surface area contributed by atoms with Gasteiger partial charge in [0.15, 0.2) is 0 Å². The van der Waals surface area contributed by atoms with Crippen molar-refractivity contribution in [2.24, 2.45) is 5.84 Å². The molecule has 0 saturated heterocycles. The van der Waals surface area contributed by atoms with Crippen molar-refractivity contribution in [2.45, 2.75) is 20.3 Å². The van der Waals surface area contributed by atoms with Crippen LogP contribution in [0.15, 0.2) is 18.2 Å². The lowest BCUT2D eigenvalue weighted by Crippen LogP contribution is -2.07. The first-order chi connectivity index (χ1) is 5.27. The summed E-state index contributed by atoms with van der Waals surface area (Å²) in [7, 11) is 0. The Morgan fingerprint density at radius 2 is 2.18 bits per heavy atom. The van der Waals surface area contributed by atoms with Gasteiger partial charge < -0.3 is 5.43 Å². The van der Waals surface area contributed by atoms with Crippen molar-refractivity contribution in [3.8, 4) is 0 Å². The number of nitrogens with one attached hydrogen (secondary N) is 1. The molecule has 2 nitrogen and oxygen atoms in total. The molecule has 1 aromatic carbocycles. The van der Waals surface area contributed by atoms with Crippen LogP contribution < -0.4 is 11.3 Å². The van der Waals surface area contributed by atoms with Crippen LogP contribution in [0.5, 0.6) is 0 Å². The smallest absolute Gasteiger partial charge is 0.0488 e. The van der Waals surface area contributed by atoms with E-state index in [0.717, 1.165) is 12.1 Å². The third-order valence-electron chi connectivity index (χ3n) is 1.90. The number of hydrazine groups is 1. The van der Waals surface area contributed by atoms with Gasteiger partial charge in [0.25, 0.3) is 0 Å². The number of nitrogens with two attached hydrogens (primary N) is 1. The molecule has 0 heterocycles. The molecule has 1 aromatic rings. The predicted octanol–water partition coefficient (Wildman–Crippen LogP) is 1.84. The first-order valence-electron chi connectivity index (χ1n) is 3.84. The summed E-state index contributed by atoms with van der Waals surface area (Å²) in [5.74, 6) is 5.27. The Morgan fingerprint density at radius 3 is 2.73 bits per heavy atom. The summed E-state index contributed by atoms with van der Waals surface area (Å²) in [4.78, 5) is 0. The van der Waals surface area contributed by atoms with Gasteiger partial charge in [-0.2, -0.15) is 0 Å². The summed E-state index contributed by atoms with van der Waals surface area (Å²) in [6.07, 6.45) is 1.06. The fraction of sp³-hybridized carbons (Fsp3) is 0.333. The number of aryl methyl sites for hydroxylation is 2. The van der Waals surface area contributed by atoms with Gasteiger partial charge in [-0.15, -0.1) is 0 Å². The molecule has 60 valence electrons. The lowest BCUT2D eigenvalue weighted by Gasteiger charge is -2.05. The third kappa shape index (κ3) is 1.71. The highest BCUT2D eigenvalue weighted by atomic mass is 15.2. The maximum atomic E-state index is 5.27. The van der Waals surface area contributed by atoms with Gasteiger partial charge in [-0.3, -0.25) is 5.84 Å². The molecule has 0 fully saturated rings. The maximum Gasteiger partial charge on any atom is 0.0488 e. The molecule has 0 amide bonds. The summed E-state index contributed by atoms with van der Waals surface area (Å²) < 4.78 is 0. The molecular weight excluding hydrogens is 136 g/mol. The molecular formula is C9H14N2. The Hall–Kier alpha value is -1.02. The van der Waals surface area contributed by atoms with E-state index in [-0.39, 0.29) is 0 Å². The average Bonchev–Trinajstić information content (AvgIpc) is 2.05. The van der Waals surface area contributed by atoms with E-state index in [2.05, 4.69) is 31.4 Å². The number of anilines is 1. The van der Waals surface area contributed by atoms with Crippen LogP contribution in [0.25, 0.3) is 0 Å². The molecule has 0 spiro atoms. The molecule has 0 bridgehead atoms. The van der Waals surface area contributed by atoms with Crippen LogP contribution >= 0.6 is 0 Å². The molecule has 0 atom stereocenters. The molecule has 0 unspecified atom stereocenters. The van der Waals surface area contributed by atoms with Crippen LogP contribution in [-0.2, 0) is 6.42 Å². The van der Waals surface area contributed by atoms with E-state index < -0.39 is 0 Å². The van der Waals surface area contributed by atoms with Gasteiger partial charge in [0.1, 0.15) is 0 Å². The van der Waals surface area contributed by atoms with Crippen LogP contribution in [0.1, 0.15) is 18.1 Å². The zero-order valence-electron chi connectivity index (χ0n) is 7.02. The summed E-state index contributed by atoms with van der Waals surface area (Å²) in [5, 5.41) is 0. The van der Waals surface area contributed by atoms with E-state index in [0.29, 0.717) is 0 Å². The molecule has 0 radical (unpaired) electrons. The number of benzene rings is 1. The van der Waals surface area contributed by atoms with Crippen molar-refractivity contribution < 1.29 is 0 Å². The molecule has 0 aliphatic rings. The fourth-order valence-corrected chi connectivity index (χ4v) is 1.14. The maximum absolute atomic E-state index is 5.27. The molecule has 3 N–H and O–H groups in total. The number of rotatable bonds is 2. The summed E-state index contributed by atoms with van der Waals surface area (Å²) >= 11 is 0. The molecule has 11 heavy (non-hydrogen) atoms. The SMILES string of the molecule is CCc1cc(NN)ccc1C. The van der Waals surface area contributed by atoms with Crippen molar-refractivity contribution in [2.75, 3.05) is 5.43 Å². The lowest BCUT2D eigenvalue weighted by molar-refractivity contribution is 1.11. The van der Waals surface area contributed by atoms with E-state index in [4.69, 9.17) is 5.84 Å². The molecule has 1 rings (SSSR count). The van der Waals surface area contributed by atoms with Crippen molar-refractivity contribution in [3.63, 3.8) is 0 Å². The Labute approximate surface area is 67.4 Å². The lowest BCUT2D eigenvalue weighted by atomic mass is 10.1. The van der Waals surface area contributed by atoms with Crippen LogP contribution in [-0.4, -0.2) is 0 Å². The Morgan fingerprint density at radius 1 is 1.45 bits per heavy atom. The van der Waals surface area contributed by atoms with Crippen LogP contribution in [0.2, 0.25) is 0 Å². The first kappa shape index (κ1) is 8.08. The molecule has 0 aliphatic carbocycles. The highest BCUT2D eigenvalue weighted by molar-refractivity contribution is 5.47. The van der Waals surface area contributed by atoms with E-state index in [1.54, 1.807) is 0 Å². The van der Waals surface area contributed by atoms with Gasteiger partial charge in [0, 0.05) is 5.69 Å². The monoisotopic (exact) mass is 150 g/mol. The van der Waals surface area contributed by atoms with Crippen molar-refractivity contribution in [1.82, 2.24) is 0 Å². The van der Waals surface area contributed by atoms with Crippen molar-refractivity contribution in [3.05, 3.63) is 29.3 Å². The minimum Gasteiger partial charge on any atom is -0.324 e. The highest BCUT2D eigenvalue weighted by Crippen LogP contribution is 2.14. The quantitative estimate of drug-likeness (QED) is 0.498. The van der Waals surface area contributed by atoms with Gasteiger partial charge in [0.2, 0.25) is 0 Å². The minimum absolute atomic E-state index is 0.979. The van der Waals surface area contributed by atoms with E-state index >= 15 is 0 Å². The fourth-order valence-electron chi connectivity index (χ4n) is 1.14. The molecule has 2 heteroatoms. The number of hydrogen-bond acceptors (Lipinski definition) is 2. The Balaban J connectivity index is 3.02. The zero-order valence-corrected chi connectivity index (χ0v) is 7.02. The summed E-state index contributed by atoms with van der Waals surface area (Å²) in [5.41, 5.74) is 6.28. The van der Waals surface area contributed by atoms with Crippen LogP contribution in [0.4, 0.5) is 5.69 Å². The molecule has 0 aromatic heterocycles. The van der Waals surface area contributed by atoms with Gasteiger partial charge in [-0.25, -0.2) is 0 Å². The minimum atomic E-state index is 0.979. The second-order valence-electron chi connectivity index (χ2n) is 2.64. The van der Waals surface area contributed by atoms with Crippen LogP contribution in [0, 0.1) is 6.92 Å². The standard InChI is InChI=1S/C9H14N2/c1-3-8-6-9(11-10)5-4-7(8)2/h4-6,11H,3,10H2,1-2H3. The van der Waals surface area contributed by atoms with E-state index in [1.807, 2.05) is 6.07 Å². The number of nitrogen functional groups attached to an aromatic ring is 1. The summed E-state index contributed by atoms with van der Waals surface area (Å²) in [6, 6.07) is 6.14. The second-order valence-corrected chi connectivity index (χ2v) is 2.64. The van der Waals surface area contributed by atoms with Gasteiger partial charge in [-0.05, 0) is 36.6 Å². The second kappa shape index (κ2) is 3.39.